The molecule has 3 aliphatic heterocycles. The fourth-order valence-electron chi connectivity index (χ4n) is 5.38. The summed E-state index contributed by atoms with van der Waals surface area (Å²) < 4.78 is 20.8. The molecule has 2 atom stereocenters. The Balaban J connectivity index is 0.00000231. The zero-order chi connectivity index (χ0) is 20.9. The van der Waals surface area contributed by atoms with Gasteiger partial charge >= 0.3 is 0 Å². The molecule has 2 saturated heterocycles. The number of anilines is 2. The van der Waals surface area contributed by atoms with E-state index in [1.807, 2.05) is 18.3 Å². The molecule has 0 saturated carbocycles. The molecule has 2 fully saturated rings. The van der Waals surface area contributed by atoms with Gasteiger partial charge in [0.15, 0.2) is 0 Å². The molecule has 2 unspecified atom stereocenters. The Morgan fingerprint density at radius 2 is 1.90 bits per heavy atom. The monoisotopic (exact) mass is 444 g/mol. The Bertz CT molecular complexity index is 980. The molecule has 1 aliphatic carbocycles. The van der Waals surface area contributed by atoms with Gasteiger partial charge in [-0.15, -0.1) is 12.4 Å². The Kier molecular flexibility index (Phi) is 5.88. The average Bonchev–Trinajstić information content (AvgIpc) is 3.14. The van der Waals surface area contributed by atoms with Crippen LogP contribution in [-0.4, -0.2) is 57.5 Å². The molecule has 0 amide bonds. The van der Waals surface area contributed by atoms with Crippen LogP contribution in [-0.2, 0) is 4.74 Å². The van der Waals surface area contributed by atoms with E-state index in [1.54, 1.807) is 13.2 Å². The average molecular weight is 445 g/mol. The molecular formula is C24H30ClFN4O. The second kappa shape index (κ2) is 8.32. The number of hydrogen-bond acceptors (Lipinski definition) is 5. The molecule has 166 valence electrons. The van der Waals surface area contributed by atoms with Gasteiger partial charge in [0.25, 0.3) is 0 Å². The fourth-order valence-corrected chi connectivity index (χ4v) is 5.38. The van der Waals surface area contributed by atoms with Crippen LogP contribution in [0.25, 0.3) is 0 Å². The van der Waals surface area contributed by atoms with Crippen molar-refractivity contribution in [1.29, 1.82) is 0 Å². The molecule has 7 heteroatoms. The number of piperazine rings is 1. The van der Waals surface area contributed by atoms with Gasteiger partial charge < -0.3 is 19.4 Å². The lowest BCUT2D eigenvalue weighted by Crippen LogP contribution is -2.44. The van der Waals surface area contributed by atoms with E-state index in [4.69, 9.17) is 9.73 Å². The summed E-state index contributed by atoms with van der Waals surface area (Å²) in [6.07, 6.45) is 9.11. The number of allylic oxidation sites excluding steroid dienone is 5. The SMILES string of the molecule is COC1=CC=C2N(c3ccc(N4CCN(C)CC4)c(F)c3)CCC23C1=NC=CC3C.Cl. The topological polar surface area (TPSA) is 31.3 Å². The van der Waals surface area contributed by atoms with Crippen LogP contribution in [0.15, 0.2) is 59.1 Å². The molecule has 1 aromatic carbocycles. The van der Waals surface area contributed by atoms with Crippen molar-refractivity contribution in [3.05, 3.63) is 59.9 Å². The number of likely N-dealkylation sites (N-methyl/N-ethyl adjacent to an activating group) is 1. The largest absolute Gasteiger partial charge is 0.495 e. The van der Waals surface area contributed by atoms with Gasteiger partial charge in [-0.3, -0.25) is 4.99 Å². The zero-order valence-electron chi connectivity index (χ0n) is 18.3. The first kappa shape index (κ1) is 21.9. The van der Waals surface area contributed by atoms with Crippen molar-refractivity contribution >= 4 is 29.5 Å². The maximum absolute atomic E-state index is 15.2. The highest BCUT2D eigenvalue weighted by atomic mass is 35.5. The number of halogens is 2. The number of nitrogens with zero attached hydrogens (tertiary/aromatic N) is 4. The molecule has 0 aromatic heterocycles. The van der Waals surface area contributed by atoms with Gasteiger partial charge in [0.1, 0.15) is 11.6 Å². The number of aliphatic imine (C=N–C) groups is 1. The van der Waals surface area contributed by atoms with Crippen molar-refractivity contribution < 1.29 is 9.13 Å². The molecule has 0 N–H and O–H groups in total. The second-order valence-corrected chi connectivity index (χ2v) is 8.69. The Morgan fingerprint density at radius 1 is 1.13 bits per heavy atom. The lowest BCUT2D eigenvalue weighted by atomic mass is 9.66. The van der Waals surface area contributed by atoms with Crippen molar-refractivity contribution in [2.24, 2.45) is 16.3 Å². The predicted molar refractivity (Wildman–Crippen MR) is 127 cm³/mol. The maximum Gasteiger partial charge on any atom is 0.148 e. The third-order valence-electron chi connectivity index (χ3n) is 7.19. The van der Waals surface area contributed by atoms with E-state index in [-0.39, 0.29) is 23.6 Å². The van der Waals surface area contributed by atoms with Crippen molar-refractivity contribution in [1.82, 2.24) is 4.90 Å². The molecule has 1 aromatic rings. The van der Waals surface area contributed by atoms with Crippen LogP contribution in [0.3, 0.4) is 0 Å². The highest BCUT2D eigenvalue weighted by Gasteiger charge is 2.53. The van der Waals surface area contributed by atoms with Gasteiger partial charge in [-0.05, 0) is 49.7 Å². The van der Waals surface area contributed by atoms with E-state index in [0.717, 1.165) is 56.3 Å². The first-order chi connectivity index (χ1) is 14.5. The van der Waals surface area contributed by atoms with E-state index in [1.165, 1.54) is 5.70 Å². The Hall–Kier alpha value is -2.31. The van der Waals surface area contributed by atoms with Gasteiger partial charge in [0, 0.05) is 50.3 Å². The molecule has 5 nitrogen and oxygen atoms in total. The van der Waals surface area contributed by atoms with Gasteiger partial charge in [-0.1, -0.05) is 13.0 Å². The Morgan fingerprint density at radius 3 is 2.61 bits per heavy atom. The van der Waals surface area contributed by atoms with Crippen molar-refractivity contribution in [2.45, 2.75) is 13.3 Å². The lowest BCUT2D eigenvalue weighted by Gasteiger charge is -2.41. The quantitative estimate of drug-likeness (QED) is 0.698. The minimum absolute atomic E-state index is 0. The van der Waals surface area contributed by atoms with Crippen molar-refractivity contribution in [3.63, 3.8) is 0 Å². The summed E-state index contributed by atoms with van der Waals surface area (Å²) in [6, 6.07) is 5.70. The van der Waals surface area contributed by atoms with Crippen LogP contribution in [0.5, 0.6) is 0 Å². The van der Waals surface area contributed by atoms with Crippen molar-refractivity contribution in [2.75, 3.05) is 56.7 Å². The summed E-state index contributed by atoms with van der Waals surface area (Å²) >= 11 is 0. The fraction of sp³-hybridized carbons (Fsp3) is 0.458. The smallest absolute Gasteiger partial charge is 0.148 e. The van der Waals surface area contributed by atoms with Crippen LogP contribution >= 0.6 is 12.4 Å². The second-order valence-electron chi connectivity index (χ2n) is 8.69. The van der Waals surface area contributed by atoms with Gasteiger partial charge in [-0.2, -0.15) is 0 Å². The first-order valence-electron chi connectivity index (χ1n) is 10.8. The van der Waals surface area contributed by atoms with Gasteiger partial charge in [-0.25, -0.2) is 4.39 Å². The molecule has 1 spiro atoms. The summed E-state index contributed by atoms with van der Waals surface area (Å²) in [5.74, 6) is 0.982. The van der Waals surface area contributed by atoms with E-state index < -0.39 is 0 Å². The summed E-state index contributed by atoms with van der Waals surface area (Å²) in [5, 5.41) is 0. The molecule has 0 radical (unpaired) electrons. The van der Waals surface area contributed by atoms with Crippen LogP contribution in [0.2, 0.25) is 0 Å². The Labute approximate surface area is 190 Å². The predicted octanol–water partition coefficient (Wildman–Crippen LogP) is 4.23. The molecule has 3 heterocycles. The standard InChI is InChI=1S/C24H29FN4O.ClH/c1-17-8-10-26-23-21(30-3)6-7-22-24(17,23)9-11-29(22)18-4-5-20(19(25)16-18)28-14-12-27(2)13-15-28;/h4-8,10,16-17H,9,11-15H2,1-3H3;1H. The number of ether oxygens (including phenoxy) is 1. The minimum Gasteiger partial charge on any atom is -0.495 e. The molecule has 5 rings (SSSR count). The summed E-state index contributed by atoms with van der Waals surface area (Å²) in [6.45, 7) is 6.71. The number of methoxy groups -OCH3 is 1. The molecule has 0 bridgehead atoms. The normalized spacial score (nSPS) is 27.6. The summed E-state index contributed by atoms with van der Waals surface area (Å²) in [4.78, 5) is 11.4. The van der Waals surface area contributed by atoms with E-state index >= 15 is 4.39 Å². The minimum atomic E-state index is -0.207. The number of hydrogen-bond donors (Lipinski definition) is 0. The van der Waals surface area contributed by atoms with Crippen LogP contribution in [0.1, 0.15) is 13.3 Å². The van der Waals surface area contributed by atoms with E-state index in [0.29, 0.717) is 11.6 Å². The number of benzene rings is 1. The zero-order valence-corrected chi connectivity index (χ0v) is 19.2. The van der Waals surface area contributed by atoms with Crippen molar-refractivity contribution in [3.8, 4) is 0 Å². The number of rotatable bonds is 3. The summed E-state index contributed by atoms with van der Waals surface area (Å²) in [7, 11) is 3.81. The van der Waals surface area contributed by atoms with Crippen LogP contribution in [0.4, 0.5) is 15.8 Å². The van der Waals surface area contributed by atoms with E-state index in [9.17, 15) is 0 Å². The van der Waals surface area contributed by atoms with Crippen LogP contribution in [0, 0.1) is 17.2 Å². The van der Waals surface area contributed by atoms with Gasteiger partial charge in [0.05, 0.1) is 23.9 Å². The highest BCUT2D eigenvalue weighted by Crippen LogP contribution is 2.53. The summed E-state index contributed by atoms with van der Waals surface area (Å²) in [5.41, 5.74) is 3.58. The third-order valence-corrected chi connectivity index (χ3v) is 7.19. The highest BCUT2D eigenvalue weighted by molar-refractivity contribution is 6.08. The molecule has 31 heavy (non-hydrogen) atoms. The van der Waals surface area contributed by atoms with Crippen LogP contribution < -0.4 is 9.80 Å². The van der Waals surface area contributed by atoms with Gasteiger partial charge in [0.2, 0.25) is 0 Å². The molecular weight excluding hydrogens is 415 g/mol. The lowest BCUT2D eigenvalue weighted by molar-refractivity contribution is 0.294. The third kappa shape index (κ3) is 3.37. The maximum atomic E-state index is 15.2. The van der Waals surface area contributed by atoms with E-state index in [2.05, 4.69) is 46.9 Å². The first-order valence-corrected chi connectivity index (χ1v) is 10.8. The molecule has 4 aliphatic rings.